The molecule has 0 saturated heterocycles. The SMILES string of the molecule is Cc1nnc(NCCC(=O)NC2CC2)c(C#N)c1C. The number of rotatable bonds is 5. The molecule has 2 rings (SSSR count). The second kappa shape index (κ2) is 5.65. The molecule has 1 heterocycles. The lowest BCUT2D eigenvalue weighted by molar-refractivity contribution is -0.120. The molecule has 1 fully saturated rings. The molecule has 1 aromatic heterocycles. The van der Waals surface area contributed by atoms with Crippen LogP contribution in [-0.2, 0) is 4.79 Å². The Bertz CT molecular complexity index is 531. The normalized spacial score (nSPS) is 13.7. The van der Waals surface area contributed by atoms with E-state index in [4.69, 9.17) is 5.26 Å². The van der Waals surface area contributed by atoms with Gasteiger partial charge in [-0.3, -0.25) is 4.79 Å². The van der Waals surface area contributed by atoms with Crippen LogP contribution in [0.3, 0.4) is 0 Å². The quantitative estimate of drug-likeness (QED) is 0.824. The van der Waals surface area contributed by atoms with Crippen LogP contribution in [0.4, 0.5) is 5.82 Å². The molecule has 1 aliphatic rings. The second-order valence-electron chi connectivity index (χ2n) is 4.76. The summed E-state index contributed by atoms with van der Waals surface area (Å²) in [5.74, 6) is 0.482. The molecule has 19 heavy (non-hydrogen) atoms. The highest BCUT2D eigenvalue weighted by molar-refractivity contribution is 5.77. The Labute approximate surface area is 112 Å². The number of nitrogens with zero attached hydrogens (tertiary/aromatic N) is 3. The average molecular weight is 259 g/mol. The molecule has 1 amide bonds. The van der Waals surface area contributed by atoms with Crippen molar-refractivity contribution in [2.24, 2.45) is 0 Å². The fourth-order valence-electron chi connectivity index (χ4n) is 1.69. The molecule has 100 valence electrons. The summed E-state index contributed by atoms with van der Waals surface area (Å²) in [5, 5.41) is 23.0. The predicted octanol–water partition coefficient (Wildman–Crippen LogP) is 1.05. The van der Waals surface area contributed by atoms with Gasteiger partial charge < -0.3 is 10.6 Å². The summed E-state index contributed by atoms with van der Waals surface area (Å²) in [6, 6.07) is 2.50. The molecule has 6 nitrogen and oxygen atoms in total. The summed E-state index contributed by atoms with van der Waals surface area (Å²) in [6.45, 7) is 4.11. The van der Waals surface area contributed by atoms with E-state index in [1.54, 1.807) is 0 Å². The number of hydrogen-bond donors (Lipinski definition) is 2. The smallest absolute Gasteiger partial charge is 0.221 e. The minimum atomic E-state index is 0.0327. The summed E-state index contributed by atoms with van der Waals surface area (Å²) < 4.78 is 0. The Balaban J connectivity index is 1.90. The van der Waals surface area contributed by atoms with Crippen LogP contribution in [0.15, 0.2) is 0 Å². The van der Waals surface area contributed by atoms with E-state index in [1.165, 1.54) is 0 Å². The molecule has 1 aliphatic carbocycles. The maximum atomic E-state index is 11.5. The number of hydrogen-bond acceptors (Lipinski definition) is 5. The minimum Gasteiger partial charge on any atom is -0.367 e. The highest BCUT2D eigenvalue weighted by Gasteiger charge is 2.22. The first-order valence-electron chi connectivity index (χ1n) is 6.39. The van der Waals surface area contributed by atoms with Gasteiger partial charge in [-0.1, -0.05) is 0 Å². The van der Waals surface area contributed by atoms with Crippen molar-refractivity contribution in [1.82, 2.24) is 15.5 Å². The lowest BCUT2D eigenvalue weighted by Crippen LogP contribution is -2.27. The van der Waals surface area contributed by atoms with Crippen molar-refractivity contribution in [2.45, 2.75) is 39.2 Å². The summed E-state index contributed by atoms with van der Waals surface area (Å²) in [7, 11) is 0. The molecule has 1 aromatic rings. The number of carbonyl (C=O) groups excluding carboxylic acids is 1. The van der Waals surface area contributed by atoms with Crippen molar-refractivity contribution in [1.29, 1.82) is 5.26 Å². The Morgan fingerprint density at radius 2 is 2.16 bits per heavy atom. The molecule has 0 radical (unpaired) electrons. The van der Waals surface area contributed by atoms with Crippen LogP contribution >= 0.6 is 0 Å². The van der Waals surface area contributed by atoms with Crippen LogP contribution < -0.4 is 10.6 Å². The summed E-state index contributed by atoms with van der Waals surface area (Å²) in [4.78, 5) is 11.5. The standard InChI is InChI=1S/C13H17N5O/c1-8-9(2)17-18-13(11(8)7-14)15-6-5-12(19)16-10-3-4-10/h10H,3-6H2,1-2H3,(H,15,18)(H,16,19). The van der Waals surface area contributed by atoms with E-state index in [2.05, 4.69) is 26.9 Å². The topological polar surface area (TPSA) is 90.7 Å². The van der Waals surface area contributed by atoms with Crippen molar-refractivity contribution in [2.75, 3.05) is 11.9 Å². The summed E-state index contributed by atoms with van der Waals surface area (Å²) >= 11 is 0. The van der Waals surface area contributed by atoms with Crippen LogP contribution in [0.25, 0.3) is 0 Å². The van der Waals surface area contributed by atoms with Gasteiger partial charge in [0.2, 0.25) is 5.91 Å². The first kappa shape index (κ1) is 13.3. The number of carbonyl (C=O) groups is 1. The number of nitrogens with one attached hydrogen (secondary N) is 2. The zero-order valence-electron chi connectivity index (χ0n) is 11.2. The van der Waals surface area contributed by atoms with Gasteiger partial charge in [0.15, 0.2) is 5.82 Å². The lowest BCUT2D eigenvalue weighted by atomic mass is 10.1. The van der Waals surface area contributed by atoms with Gasteiger partial charge in [-0.15, -0.1) is 5.10 Å². The average Bonchev–Trinajstić information content (AvgIpc) is 3.18. The highest BCUT2D eigenvalue weighted by atomic mass is 16.1. The Kier molecular flexibility index (Phi) is 3.95. The third kappa shape index (κ3) is 3.41. The molecule has 0 aliphatic heterocycles. The van der Waals surface area contributed by atoms with Crippen molar-refractivity contribution < 1.29 is 4.79 Å². The molecular formula is C13H17N5O. The van der Waals surface area contributed by atoms with Gasteiger partial charge >= 0.3 is 0 Å². The number of aryl methyl sites for hydroxylation is 1. The zero-order valence-corrected chi connectivity index (χ0v) is 11.2. The third-order valence-corrected chi connectivity index (χ3v) is 3.15. The molecule has 0 bridgehead atoms. The van der Waals surface area contributed by atoms with Crippen molar-refractivity contribution in [3.05, 3.63) is 16.8 Å². The van der Waals surface area contributed by atoms with E-state index in [0.717, 1.165) is 24.1 Å². The maximum Gasteiger partial charge on any atom is 0.221 e. The van der Waals surface area contributed by atoms with Crippen LogP contribution in [0, 0.1) is 25.2 Å². The van der Waals surface area contributed by atoms with Crippen molar-refractivity contribution >= 4 is 11.7 Å². The van der Waals surface area contributed by atoms with E-state index in [-0.39, 0.29) is 5.91 Å². The van der Waals surface area contributed by atoms with Crippen molar-refractivity contribution in [3.63, 3.8) is 0 Å². The molecular weight excluding hydrogens is 242 g/mol. The van der Waals surface area contributed by atoms with Gasteiger partial charge in [0, 0.05) is 19.0 Å². The first-order valence-corrected chi connectivity index (χ1v) is 6.39. The molecule has 0 atom stereocenters. The molecule has 0 unspecified atom stereocenters. The van der Waals surface area contributed by atoms with Crippen LogP contribution in [-0.4, -0.2) is 28.7 Å². The molecule has 1 saturated carbocycles. The van der Waals surface area contributed by atoms with Gasteiger partial charge in [0.25, 0.3) is 0 Å². The molecule has 0 aromatic carbocycles. The largest absolute Gasteiger partial charge is 0.367 e. The first-order chi connectivity index (χ1) is 9.11. The lowest BCUT2D eigenvalue weighted by Gasteiger charge is -2.09. The van der Waals surface area contributed by atoms with Crippen LogP contribution in [0.5, 0.6) is 0 Å². The maximum absolute atomic E-state index is 11.5. The zero-order chi connectivity index (χ0) is 13.8. The van der Waals surface area contributed by atoms with Gasteiger partial charge in [-0.2, -0.15) is 10.4 Å². The van der Waals surface area contributed by atoms with Gasteiger partial charge in [-0.05, 0) is 32.3 Å². The molecule has 0 spiro atoms. The Morgan fingerprint density at radius 1 is 1.42 bits per heavy atom. The van der Waals surface area contributed by atoms with Gasteiger partial charge in [-0.25, -0.2) is 0 Å². The van der Waals surface area contributed by atoms with E-state index >= 15 is 0 Å². The van der Waals surface area contributed by atoms with E-state index < -0.39 is 0 Å². The number of aromatic nitrogens is 2. The van der Waals surface area contributed by atoms with Gasteiger partial charge in [0.05, 0.1) is 5.69 Å². The molecule has 2 N–H and O–H groups in total. The monoisotopic (exact) mass is 259 g/mol. The number of amides is 1. The second-order valence-corrected chi connectivity index (χ2v) is 4.76. The minimum absolute atomic E-state index is 0.0327. The summed E-state index contributed by atoms with van der Waals surface area (Å²) in [5.41, 5.74) is 2.06. The van der Waals surface area contributed by atoms with E-state index in [1.807, 2.05) is 13.8 Å². The van der Waals surface area contributed by atoms with E-state index in [0.29, 0.717) is 30.4 Å². The summed E-state index contributed by atoms with van der Waals surface area (Å²) in [6.07, 6.45) is 2.54. The fourth-order valence-corrected chi connectivity index (χ4v) is 1.69. The van der Waals surface area contributed by atoms with Crippen LogP contribution in [0.1, 0.15) is 36.1 Å². The fraction of sp³-hybridized carbons (Fsp3) is 0.538. The molecule has 6 heteroatoms. The van der Waals surface area contributed by atoms with E-state index in [9.17, 15) is 4.79 Å². The highest BCUT2D eigenvalue weighted by Crippen LogP contribution is 2.19. The van der Waals surface area contributed by atoms with Crippen molar-refractivity contribution in [3.8, 4) is 6.07 Å². The Morgan fingerprint density at radius 3 is 2.79 bits per heavy atom. The number of anilines is 1. The predicted molar refractivity (Wildman–Crippen MR) is 70.5 cm³/mol. The van der Waals surface area contributed by atoms with Gasteiger partial charge in [0.1, 0.15) is 11.6 Å². The van der Waals surface area contributed by atoms with Crippen LogP contribution in [0.2, 0.25) is 0 Å². The number of nitriles is 1. The Hall–Kier alpha value is -2.16. The third-order valence-electron chi connectivity index (χ3n) is 3.15.